The number of carbonyl (C=O) groups excluding carboxylic acids is 1. The summed E-state index contributed by atoms with van der Waals surface area (Å²) >= 11 is 0. The number of hydrogen-bond donors (Lipinski definition) is 0. The fourth-order valence-electron chi connectivity index (χ4n) is 2.99. The lowest BCUT2D eigenvalue weighted by molar-refractivity contribution is 0.0787. The Balaban J connectivity index is 1.80. The minimum absolute atomic E-state index is 0.0294. The van der Waals surface area contributed by atoms with E-state index in [1.165, 1.54) is 0 Å². The van der Waals surface area contributed by atoms with Crippen LogP contribution < -0.4 is 0 Å². The van der Waals surface area contributed by atoms with Crippen molar-refractivity contribution in [2.75, 3.05) is 13.1 Å². The molecule has 0 spiro atoms. The van der Waals surface area contributed by atoms with Crippen molar-refractivity contribution in [3.8, 4) is 0 Å². The van der Waals surface area contributed by atoms with Crippen LogP contribution in [-0.4, -0.2) is 43.8 Å². The van der Waals surface area contributed by atoms with Gasteiger partial charge in [0.15, 0.2) is 5.82 Å². The molecule has 1 saturated heterocycles. The number of rotatable bonds is 2. The molecule has 1 amide bonds. The lowest BCUT2D eigenvalue weighted by Gasteiger charge is -2.20. The molecule has 2 aromatic heterocycles. The van der Waals surface area contributed by atoms with Gasteiger partial charge >= 0.3 is 0 Å². The van der Waals surface area contributed by atoms with Gasteiger partial charge in [0.05, 0.1) is 17.2 Å². The van der Waals surface area contributed by atoms with E-state index in [1.54, 1.807) is 11.6 Å². The molecule has 3 heterocycles. The monoisotopic (exact) mass is 317 g/mol. The minimum Gasteiger partial charge on any atom is -0.339 e. The van der Waals surface area contributed by atoms with Gasteiger partial charge in [0.2, 0.25) is 5.89 Å². The highest BCUT2D eigenvalue weighted by Gasteiger charge is 2.34. The van der Waals surface area contributed by atoms with Gasteiger partial charge in [-0.15, -0.1) is 0 Å². The Kier molecular flexibility index (Phi) is 3.74. The van der Waals surface area contributed by atoms with Crippen LogP contribution in [0.2, 0.25) is 0 Å². The molecule has 124 valence electrons. The fraction of sp³-hybridized carbons (Fsp3) is 0.625. The van der Waals surface area contributed by atoms with Crippen molar-refractivity contribution < 1.29 is 9.32 Å². The van der Waals surface area contributed by atoms with Crippen LogP contribution in [0.5, 0.6) is 0 Å². The summed E-state index contributed by atoms with van der Waals surface area (Å²) in [6, 6.07) is 0. The maximum atomic E-state index is 12.9. The molecule has 0 aromatic carbocycles. The van der Waals surface area contributed by atoms with Crippen molar-refractivity contribution in [1.29, 1.82) is 0 Å². The minimum atomic E-state index is -0.172. The van der Waals surface area contributed by atoms with Crippen molar-refractivity contribution in [2.24, 2.45) is 7.05 Å². The number of hydrogen-bond acceptors (Lipinski definition) is 5. The zero-order valence-corrected chi connectivity index (χ0v) is 14.3. The molecule has 0 saturated carbocycles. The van der Waals surface area contributed by atoms with E-state index in [1.807, 2.05) is 18.1 Å². The Morgan fingerprint density at radius 1 is 1.39 bits per heavy atom. The van der Waals surface area contributed by atoms with E-state index in [2.05, 4.69) is 36.0 Å². The summed E-state index contributed by atoms with van der Waals surface area (Å²) in [5.41, 5.74) is 1.35. The highest BCUT2D eigenvalue weighted by atomic mass is 16.5. The molecular formula is C16H23N5O2. The van der Waals surface area contributed by atoms with Crippen LogP contribution in [0.1, 0.15) is 60.9 Å². The second-order valence-corrected chi connectivity index (χ2v) is 7.23. The van der Waals surface area contributed by atoms with E-state index in [4.69, 9.17) is 4.52 Å². The van der Waals surface area contributed by atoms with E-state index < -0.39 is 0 Å². The molecular weight excluding hydrogens is 294 g/mol. The summed E-state index contributed by atoms with van der Waals surface area (Å²) in [5, 5.41) is 8.32. The molecule has 0 aliphatic carbocycles. The third kappa shape index (κ3) is 3.00. The molecule has 23 heavy (non-hydrogen) atoms. The second kappa shape index (κ2) is 5.47. The van der Waals surface area contributed by atoms with E-state index in [0.717, 1.165) is 12.1 Å². The summed E-state index contributed by atoms with van der Waals surface area (Å²) in [5.74, 6) is 1.41. The normalized spacial score (nSPS) is 18.7. The standard InChI is InChI=1S/C16H23N5O2/c1-10-17-14(23-19-10)11-6-7-21(8-11)15(22)12-9-20(5)18-13(12)16(2,3)4/h9,11H,6-8H2,1-5H3/t11-/m0/s1. The Labute approximate surface area is 135 Å². The van der Waals surface area contributed by atoms with E-state index in [0.29, 0.717) is 30.4 Å². The predicted molar refractivity (Wildman–Crippen MR) is 84.2 cm³/mol. The quantitative estimate of drug-likeness (QED) is 0.847. The first-order valence-corrected chi connectivity index (χ1v) is 7.89. The number of amides is 1. The van der Waals surface area contributed by atoms with Gasteiger partial charge in [-0.3, -0.25) is 9.48 Å². The summed E-state index contributed by atoms with van der Waals surface area (Å²) in [6.07, 6.45) is 2.66. The molecule has 7 nitrogen and oxygen atoms in total. The van der Waals surface area contributed by atoms with Gasteiger partial charge < -0.3 is 9.42 Å². The van der Waals surface area contributed by atoms with Gasteiger partial charge in [-0.1, -0.05) is 25.9 Å². The van der Waals surface area contributed by atoms with Gasteiger partial charge in [0.25, 0.3) is 5.91 Å². The van der Waals surface area contributed by atoms with Crippen LogP contribution in [0.15, 0.2) is 10.7 Å². The molecule has 3 rings (SSSR count). The van der Waals surface area contributed by atoms with Gasteiger partial charge in [-0.25, -0.2) is 0 Å². The Morgan fingerprint density at radius 2 is 2.13 bits per heavy atom. The van der Waals surface area contributed by atoms with Gasteiger partial charge in [0, 0.05) is 31.7 Å². The van der Waals surface area contributed by atoms with Crippen LogP contribution in [0.25, 0.3) is 0 Å². The predicted octanol–water partition coefficient (Wildman–Crippen LogP) is 2.04. The SMILES string of the molecule is Cc1noc([C@H]2CCN(C(=O)c3cn(C)nc3C(C)(C)C)C2)n1. The van der Waals surface area contributed by atoms with E-state index in [-0.39, 0.29) is 17.2 Å². The van der Waals surface area contributed by atoms with Crippen molar-refractivity contribution in [1.82, 2.24) is 24.8 Å². The first-order chi connectivity index (χ1) is 10.8. The third-order valence-electron chi connectivity index (χ3n) is 4.14. The molecule has 7 heteroatoms. The fourth-order valence-corrected chi connectivity index (χ4v) is 2.99. The smallest absolute Gasteiger partial charge is 0.257 e. The number of likely N-dealkylation sites (tertiary alicyclic amines) is 1. The van der Waals surface area contributed by atoms with Crippen molar-refractivity contribution >= 4 is 5.91 Å². The average Bonchev–Trinajstić information content (AvgIpc) is 3.15. The Hall–Kier alpha value is -2.18. The third-order valence-corrected chi connectivity index (χ3v) is 4.14. The van der Waals surface area contributed by atoms with Crippen LogP contribution in [0.4, 0.5) is 0 Å². The van der Waals surface area contributed by atoms with Crippen LogP contribution in [0, 0.1) is 6.92 Å². The van der Waals surface area contributed by atoms with Crippen molar-refractivity contribution in [2.45, 2.75) is 45.4 Å². The van der Waals surface area contributed by atoms with Gasteiger partial charge in [-0.2, -0.15) is 10.1 Å². The van der Waals surface area contributed by atoms with Crippen molar-refractivity contribution in [3.05, 3.63) is 29.2 Å². The molecule has 0 N–H and O–H groups in total. The van der Waals surface area contributed by atoms with Crippen LogP contribution >= 0.6 is 0 Å². The number of aryl methyl sites for hydroxylation is 2. The average molecular weight is 317 g/mol. The zero-order valence-electron chi connectivity index (χ0n) is 14.3. The van der Waals surface area contributed by atoms with E-state index in [9.17, 15) is 4.79 Å². The molecule has 0 unspecified atom stereocenters. The second-order valence-electron chi connectivity index (χ2n) is 7.23. The summed E-state index contributed by atoms with van der Waals surface area (Å²) in [4.78, 5) is 19.1. The first kappa shape index (κ1) is 15.7. The highest BCUT2D eigenvalue weighted by Crippen LogP contribution is 2.30. The lowest BCUT2D eigenvalue weighted by Crippen LogP contribution is -2.30. The maximum absolute atomic E-state index is 12.9. The van der Waals surface area contributed by atoms with Gasteiger partial charge in [-0.05, 0) is 13.3 Å². The van der Waals surface area contributed by atoms with Crippen LogP contribution in [-0.2, 0) is 12.5 Å². The lowest BCUT2D eigenvalue weighted by atomic mass is 9.89. The maximum Gasteiger partial charge on any atom is 0.257 e. The number of carbonyl (C=O) groups is 1. The summed E-state index contributed by atoms with van der Waals surface area (Å²) < 4.78 is 6.96. The zero-order chi connectivity index (χ0) is 16.8. The molecule has 1 fully saturated rings. The molecule has 0 radical (unpaired) electrons. The summed E-state index contributed by atoms with van der Waals surface area (Å²) in [7, 11) is 1.85. The molecule has 2 aromatic rings. The van der Waals surface area contributed by atoms with Crippen molar-refractivity contribution in [3.63, 3.8) is 0 Å². The summed E-state index contributed by atoms with van der Waals surface area (Å²) in [6.45, 7) is 9.32. The van der Waals surface area contributed by atoms with E-state index >= 15 is 0 Å². The molecule has 1 aliphatic rings. The largest absolute Gasteiger partial charge is 0.339 e. The number of nitrogens with zero attached hydrogens (tertiary/aromatic N) is 5. The van der Waals surface area contributed by atoms with Crippen LogP contribution in [0.3, 0.4) is 0 Å². The molecule has 0 bridgehead atoms. The Bertz CT molecular complexity index is 725. The Morgan fingerprint density at radius 3 is 2.74 bits per heavy atom. The topological polar surface area (TPSA) is 77.0 Å². The molecule has 1 atom stereocenters. The van der Waals surface area contributed by atoms with Gasteiger partial charge in [0.1, 0.15) is 0 Å². The molecule has 1 aliphatic heterocycles. The first-order valence-electron chi connectivity index (χ1n) is 7.89. The number of aromatic nitrogens is 4. The highest BCUT2D eigenvalue weighted by molar-refractivity contribution is 5.95.